The second-order valence-corrected chi connectivity index (χ2v) is 4.54. The summed E-state index contributed by atoms with van der Waals surface area (Å²) in [5, 5.41) is 6.03. The molecular weight excluding hydrogens is 214 g/mol. The molecule has 4 N–H and O–H groups in total. The van der Waals surface area contributed by atoms with E-state index in [4.69, 9.17) is 5.73 Å². The van der Waals surface area contributed by atoms with E-state index in [0.717, 1.165) is 19.4 Å². The SMILES string of the molecule is Cc1ccc2c(c1)C(NCCNC(N)=O)CC2. The Morgan fingerprint density at radius 2 is 2.29 bits per heavy atom. The van der Waals surface area contributed by atoms with Gasteiger partial charge in [0.25, 0.3) is 0 Å². The van der Waals surface area contributed by atoms with E-state index in [1.165, 1.54) is 16.7 Å². The fourth-order valence-electron chi connectivity index (χ4n) is 2.37. The lowest BCUT2D eigenvalue weighted by atomic mass is 10.1. The van der Waals surface area contributed by atoms with Crippen molar-refractivity contribution in [3.05, 3.63) is 34.9 Å². The van der Waals surface area contributed by atoms with Gasteiger partial charge >= 0.3 is 6.03 Å². The smallest absolute Gasteiger partial charge is 0.312 e. The van der Waals surface area contributed by atoms with Gasteiger partial charge in [0.1, 0.15) is 0 Å². The molecule has 1 aromatic carbocycles. The molecule has 0 heterocycles. The maximum Gasteiger partial charge on any atom is 0.312 e. The number of amides is 2. The molecule has 17 heavy (non-hydrogen) atoms. The molecule has 4 nitrogen and oxygen atoms in total. The van der Waals surface area contributed by atoms with Crippen molar-refractivity contribution in [2.24, 2.45) is 5.73 Å². The van der Waals surface area contributed by atoms with Crippen LogP contribution in [0.4, 0.5) is 4.79 Å². The molecule has 0 aliphatic heterocycles. The maximum atomic E-state index is 10.5. The monoisotopic (exact) mass is 233 g/mol. The largest absolute Gasteiger partial charge is 0.352 e. The topological polar surface area (TPSA) is 67.2 Å². The molecule has 0 saturated heterocycles. The second kappa shape index (κ2) is 5.19. The van der Waals surface area contributed by atoms with Crippen LogP contribution in [-0.4, -0.2) is 19.1 Å². The number of carbonyl (C=O) groups is 1. The van der Waals surface area contributed by atoms with E-state index in [0.29, 0.717) is 12.6 Å². The number of carbonyl (C=O) groups excluding carboxylic acids is 1. The zero-order valence-corrected chi connectivity index (χ0v) is 10.1. The van der Waals surface area contributed by atoms with Gasteiger partial charge in [0.2, 0.25) is 0 Å². The summed E-state index contributed by atoms with van der Waals surface area (Å²) in [6.45, 7) is 3.44. The van der Waals surface area contributed by atoms with E-state index in [2.05, 4.69) is 35.8 Å². The number of hydrogen-bond donors (Lipinski definition) is 3. The van der Waals surface area contributed by atoms with Gasteiger partial charge in [-0.15, -0.1) is 0 Å². The first kappa shape index (κ1) is 11.9. The number of nitrogens with two attached hydrogens (primary N) is 1. The van der Waals surface area contributed by atoms with E-state index in [9.17, 15) is 4.79 Å². The number of urea groups is 1. The Morgan fingerprint density at radius 3 is 3.06 bits per heavy atom. The average Bonchev–Trinajstić information content (AvgIpc) is 2.67. The third-order valence-electron chi connectivity index (χ3n) is 3.19. The molecule has 1 aliphatic carbocycles. The fourth-order valence-corrected chi connectivity index (χ4v) is 2.37. The van der Waals surface area contributed by atoms with Crippen molar-refractivity contribution in [1.82, 2.24) is 10.6 Å². The van der Waals surface area contributed by atoms with Crippen molar-refractivity contribution < 1.29 is 4.79 Å². The molecule has 1 aliphatic rings. The van der Waals surface area contributed by atoms with E-state index < -0.39 is 6.03 Å². The van der Waals surface area contributed by atoms with E-state index in [1.54, 1.807) is 0 Å². The quantitative estimate of drug-likeness (QED) is 0.685. The highest BCUT2D eigenvalue weighted by Crippen LogP contribution is 2.31. The van der Waals surface area contributed by atoms with Crippen molar-refractivity contribution in [1.29, 1.82) is 0 Å². The first-order chi connectivity index (χ1) is 8.16. The van der Waals surface area contributed by atoms with Gasteiger partial charge in [-0.3, -0.25) is 0 Å². The van der Waals surface area contributed by atoms with Gasteiger partial charge < -0.3 is 16.4 Å². The number of rotatable bonds is 4. The molecule has 0 fully saturated rings. The molecule has 1 aromatic rings. The highest BCUT2D eigenvalue weighted by Gasteiger charge is 2.21. The van der Waals surface area contributed by atoms with E-state index in [1.807, 2.05) is 0 Å². The van der Waals surface area contributed by atoms with Gasteiger partial charge in [0.15, 0.2) is 0 Å². The molecule has 0 bridgehead atoms. The molecule has 0 aromatic heterocycles. The molecule has 4 heteroatoms. The first-order valence-corrected chi connectivity index (χ1v) is 6.03. The van der Waals surface area contributed by atoms with E-state index in [-0.39, 0.29) is 0 Å². The minimum absolute atomic E-state index is 0.416. The third kappa shape index (κ3) is 2.97. The van der Waals surface area contributed by atoms with Crippen molar-refractivity contribution in [2.45, 2.75) is 25.8 Å². The van der Waals surface area contributed by atoms with Crippen LogP contribution in [0.1, 0.15) is 29.2 Å². The number of primary amides is 1. The van der Waals surface area contributed by atoms with Gasteiger partial charge in [0, 0.05) is 19.1 Å². The van der Waals surface area contributed by atoms with Crippen LogP contribution in [0.5, 0.6) is 0 Å². The molecular formula is C13H19N3O. The van der Waals surface area contributed by atoms with Crippen molar-refractivity contribution >= 4 is 6.03 Å². The summed E-state index contributed by atoms with van der Waals surface area (Å²) in [6, 6.07) is 6.58. The van der Waals surface area contributed by atoms with Crippen molar-refractivity contribution in [3.63, 3.8) is 0 Å². The van der Waals surface area contributed by atoms with Gasteiger partial charge in [0.05, 0.1) is 0 Å². The molecule has 1 unspecified atom stereocenters. The van der Waals surface area contributed by atoms with Crippen LogP contribution < -0.4 is 16.4 Å². The summed E-state index contributed by atoms with van der Waals surface area (Å²) >= 11 is 0. The van der Waals surface area contributed by atoms with Crippen molar-refractivity contribution in [3.8, 4) is 0 Å². The number of benzene rings is 1. The maximum absolute atomic E-state index is 10.5. The van der Waals surface area contributed by atoms with Crippen LogP contribution in [0, 0.1) is 6.92 Å². The summed E-state index contributed by atoms with van der Waals surface area (Å²) in [6.07, 6.45) is 2.27. The van der Waals surface area contributed by atoms with Gasteiger partial charge in [-0.05, 0) is 30.9 Å². The molecule has 2 amide bonds. The summed E-state index contributed by atoms with van der Waals surface area (Å²) in [5.41, 5.74) is 9.15. The van der Waals surface area contributed by atoms with Gasteiger partial charge in [-0.2, -0.15) is 0 Å². The Morgan fingerprint density at radius 1 is 1.47 bits per heavy atom. The Kier molecular flexibility index (Phi) is 3.64. The van der Waals surface area contributed by atoms with Crippen LogP contribution in [0.25, 0.3) is 0 Å². The van der Waals surface area contributed by atoms with Gasteiger partial charge in [-0.1, -0.05) is 23.8 Å². The molecule has 0 spiro atoms. The molecule has 2 rings (SSSR count). The standard InChI is InChI=1S/C13H19N3O/c1-9-2-3-10-4-5-12(11(10)8-9)15-6-7-16-13(14)17/h2-3,8,12,15H,4-7H2,1H3,(H3,14,16,17). The first-order valence-electron chi connectivity index (χ1n) is 6.03. The Labute approximate surface area is 102 Å². The predicted molar refractivity (Wildman–Crippen MR) is 67.8 cm³/mol. The fraction of sp³-hybridized carbons (Fsp3) is 0.462. The number of hydrogen-bond acceptors (Lipinski definition) is 2. The van der Waals surface area contributed by atoms with Gasteiger partial charge in [-0.25, -0.2) is 4.79 Å². The van der Waals surface area contributed by atoms with Crippen LogP contribution in [0.3, 0.4) is 0 Å². The highest BCUT2D eigenvalue weighted by molar-refractivity contribution is 5.71. The molecule has 0 saturated carbocycles. The second-order valence-electron chi connectivity index (χ2n) is 4.54. The normalized spacial score (nSPS) is 17.8. The van der Waals surface area contributed by atoms with Crippen LogP contribution in [0.15, 0.2) is 18.2 Å². The van der Waals surface area contributed by atoms with Crippen LogP contribution in [0.2, 0.25) is 0 Å². The molecule has 1 atom stereocenters. The Balaban J connectivity index is 1.88. The predicted octanol–water partition coefficient (Wildman–Crippen LogP) is 1.24. The van der Waals surface area contributed by atoms with Crippen LogP contribution in [-0.2, 0) is 6.42 Å². The summed E-state index contributed by atoms with van der Waals surface area (Å²) in [5.74, 6) is 0. The zero-order valence-electron chi connectivity index (χ0n) is 10.1. The molecule has 92 valence electrons. The number of fused-ring (bicyclic) bond motifs is 1. The summed E-state index contributed by atoms with van der Waals surface area (Å²) in [4.78, 5) is 10.5. The minimum Gasteiger partial charge on any atom is -0.352 e. The number of nitrogens with one attached hydrogen (secondary N) is 2. The molecule has 0 radical (unpaired) electrons. The lowest BCUT2D eigenvalue weighted by molar-refractivity contribution is 0.249. The lowest BCUT2D eigenvalue weighted by Crippen LogP contribution is -2.36. The Hall–Kier alpha value is -1.55. The summed E-state index contributed by atoms with van der Waals surface area (Å²) in [7, 11) is 0. The third-order valence-corrected chi connectivity index (χ3v) is 3.19. The average molecular weight is 233 g/mol. The lowest BCUT2D eigenvalue weighted by Gasteiger charge is -2.14. The zero-order chi connectivity index (χ0) is 12.3. The van der Waals surface area contributed by atoms with Crippen molar-refractivity contribution in [2.75, 3.05) is 13.1 Å². The minimum atomic E-state index is -0.463. The Bertz CT molecular complexity index is 417. The summed E-state index contributed by atoms with van der Waals surface area (Å²) < 4.78 is 0. The number of aryl methyl sites for hydroxylation is 2. The van der Waals surface area contributed by atoms with E-state index >= 15 is 0 Å². The van der Waals surface area contributed by atoms with Crippen LogP contribution >= 0.6 is 0 Å². The highest BCUT2D eigenvalue weighted by atomic mass is 16.2.